The summed E-state index contributed by atoms with van der Waals surface area (Å²) in [6.07, 6.45) is 0. The normalized spacial score (nSPS) is 16.8. The van der Waals surface area contributed by atoms with Crippen LogP contribution in [0.25, 0.3) is 11.0 Å². The highest BCUT2D eigenvalue weighted by molar-refractivity contribution is 8.00. The smallest absolute Gasteiger partial charge is 0.126 e. The van der Waals surface area contributed by atoms with Crippen LogP contribution in [0.15, 0.2) is 75.9 Å². The molecule has 4 aromatic rings. The Hall–Kier alpha value is -2.37. The summed E-state index contributed by atoms with van der Waals surface area (Å²) < 4.78 is 0. The summed E-state index contributed by atoms with van der Waals surface area (Å²) in [6, 6.07) is 20.7. The number of benzene rings is 2. The fourth-order valence-electron chi connectivity index (χ4n) is 2.91. The molecule has 1 aliphatic rings. The Kier molecular flexibility index (Phi) is 3.28. The van der Waals surface area contributed by atoms with Gasteiger partial charge in [-0.3, -0.25) is 0 Å². The number of para-hydroxylation sites is 3. The van der Waals surface area contributed by atoms with Gasteiger partial charge < -0.3 is 4.98 Å². The van der Waals surface area contributed by atoms with Crippen molar-refractivity contribution in [2.24, 2.45) is 4.99 Å². The highest BCUT2D eigenvalue weighted by atomic mass is 32.2. The van der Waals surface area contributed by atoms with E-state index < -0.39 is 0 Å². The molecule has 2 aromatic carbocycles. The van der Waals surface area contributed by atoms with Crippen molar-refractivity contribution < 1.29 is 0 Å². The first kappa shape index (κ1) is 14.0. The number of thioether (sulfide) groups is 1. The molecule has 24 heavy (non-hydrogen) atoms. The van der Waals surface area contributed by atoms with E-state index in [2.05, 4.69) is 46.8 Å². The van der Waals surface area contributed by atoms with E-state index in [0.717, 1.165) is 28.3 Å². The van der Waals surface area contributed by atoms with Crippen molar-refractivity contribution in [3.63, 3.8) is 0 Å². The van der Waals surface area contributed by atoms with Gasteiger partial charge >= 0.3 is 0 Å². The highest BCUT2D eigenvalue weighted by Crippen LogP contribution is 2.46. The molecule has 0 amide bonds. The van der Waals surface area contributed by atoms with Crippen molar-refractivity contribution in [1.29, 1.82) is 0 Å². The van der Waals surface area contributed by atoms with Crippen molar-refractivity contribution in [2.45, 2.75) is 10.1 Å². The number of nitrogens with zero attached hydrogens (tertiary/aromatic N) is 2. The highest BCUT2D eigenvalue weighted by Gasteiger charge is 2.29. The molecule has 0 unspecified atom stereocenters. The fourth-order valence-corrected chi connectivity index (χ4v) is 4.89. The van der Waals surface area contributed by atoms with Gasteiger partial charge in [0.25, 0.3) is 0 Å². The van der Waals surface area contributed by atoms with Crippen LogP contribution in [-0.4, -0.2) is 15.7 Å². The molecule has 3 heterocycles. The Morgan fingerprint density at radius 3 is 2.67 bits per heavy atom. The lowest BCUT2D eigenvalue weighted by atomic mass is 10.2. The average molecular weight is 347 g/mol. The Labute approximate surface area is 147 Å². The molecule has 0 bridgehead atoms. The summed E-state index contributed by atoms with van der Waals surface area (Å²) in [4.78, 5) is 15.7. The molecule has 116 valence electrons. The van der Waals surface area contributed by atoms with Crippen LogP contribution in [0.2, 0.25) is 0 Å². The number of aliphatic imine (C=N–C) groups is 1. The van der Waals surface area contributed by atoms with Gasteiger partial charge in [-0.05, 0) is 35.7 Å². The Morgan fingerprint density at radius 1 is 0.917 bits per heavy atom. The van der Waals surface area contributed by atoms with Crippen LogP contribution in [0.5, 0.6) is 0 Å². The molecule has 5 rings (SSSR count). The largest absolute Gasteiger partial charge is 0.341 e. The molecular formula is C19H13N3S2. The number of H-pyrrole nitrogens is 1. The average Bonchev–Trinajstić information content (AvgIpc) is 3.30. The molecule has 2 aromatic heterocycles. The van der Waals surface area contributed by atoms with Gasteiger partial charge in [0.05, 0.1) is 27.3 Å². The number of nitrogens with one attached hydrogen (secondary N) is 1. The number of aromatic amines is 1. The minimum Gasteiger partial charge on any atom is -0.341 e. The van der Waals surface area contributed by atoms with Gasteiger partial charge in [0.15, 0.2) is 0 Å². The quantitative estimate of drug-likeness (QED) is 0.513. The SMILES string of the molecule is c1csc(C2=Nc3ccccc3S[C@@H]2c2nc3ccccc3[nH]2)c1. The summed E-state index contributed by atoms with van der Waals surface area (Å²) in [5, 5.41) is 2.17. The lowest BCUT2D eigenvalue weighted by Gasteiger charge is -2.22. The molecule has 0 saturated heterocycles. The van der Waals surface area contributed by atoms with Crippen LogP contribution in [-0.2, 0) is 0 Å². The van der Waals surface area contributed by atoms with Crippen LogP contribution < -0.4 is 0 Å². The number of imidazole rings is 1. The van der Waals surface area contributed by atoms with Crippen LogP contribution in [0.1, 0.15) is 16.0 Å². The van der Waals surface area contributed by atoms with E-state index in [9.17, 15) is 0 Å². The fraction of sp³-hybridized carbons (Fsp3) is 0.0526. The molecule has 0 radical (unpaired) electrons. The second-order valence-electron chi connectivity index (χ2n) is 5.58. The predicted molar refractivity (Wildman–Crippen MR) is 102 cm³/mol. The minimum atomic E-state index is 0.0750. The number of hydrogen-bond donors (Lipinski definition) is 1. The van der Waals surface area contributed by atoms with Crippen molar-refractivity contribution in [1.82, 2.24) is 9.97 Å². The number of fused-ring (bicyclic) bond motifs is 2. The lowest BCUT2D eigenvalue weighted by molar-refractivity contribution is 1.07. The summed E-state index contributed by atoms with van der Waals surface area (Å²) >= 11 is 3.54. The molecule has 1 aliphatic heterocycles. The maximum atomic E-state index is 4.96. The second-order valence-corrected chi connectivity index (χ2v) is 7.67. The van der Waals surface area contributed by atoms with Gasteiger partial charge in [0, 0.05) is 4.90 Å². The van der Waals surface area contributed by atoms with Gasteiger partial charge in [0.1, 0.15) is 11.1 Å². The molecule has 1 N–H and O–H groups in total. The van der Waals surface area contributed by atoms with Gasteiger partial charge in [0.2, 0.25) is 0 Å². The molecular weight excluding hydrogens is 334 g/mol. The third kappa shape index (κ3) is 2.28. The number of thiophene rings is 1. The first-order chi connectivity index (χ1) is 11.9. The van der Waals surface area contributed by atoms with E-state index in [1.54, 1.807) is 11.3 Å². The second kappa shape index (κ2) is 5.61. The zero-order chi connectivity index (χ0) is 15.9. The van der Waals surface area contributed by atoms with Gasteiger partial charge in [-0.1, -0.05) is 30.3 Å². The minimum absolute atomic E-state index is 0.0750. The number of rotatable bonds is 2. The third-order valence-corrected chi connectivity index (χ3v) is 6.20. The van der Waals surface area contributed by atoms with E-state index in [-0.39, 0.29) is 5.25 Å². The first-order valence-electron chi connectivity index (χ1n) is 7.71. The molecule has 0 spiro atoms. The van der Waals surface area contributed by atoms with E-state index in [0.29, 0.717) is 0 Å². The van der Waals surface area contributed by atoms with Crippen molar-refractivity contribution in [3.8, 4) is 0 Å². The molecule has 1 atom stereocenters. The molecule has 0 saturated carbocycles. The zero-order valence-electron chi connectivity index (χ0n) is 12.6. The maximum Gasteiger partial charge on any atom is 0.126 e. The van der Waals surface area contributed by atoms with Crippen LogP contribution in [0.4, 0.5) is 5.69 Å². The topological polar surface area (TPSA) is 41.0 Å². The Balaban J connectivity index is 1.68. The summed E-state index contributed by atoms with van der Waals surface area (Å²) in [5.41, 5.74) is 4.18. The summed E-state index contributed by atoms with van der Waals surface area (Å²) in [7, 11) is 0. The molecule has 0 fully saturated rings. The zero-order valence-corrected chi connectivity index (χ0v) is 14.3. The van der Waals surface area contributed by atoms with Crippen molar-refractivity contribution in [2.75, 3.05) is 0 Å². The van der Waals surface area contributed by atoms with E-state index in [1.807, 2.05) is 36.0 Å². The standard InChI is InChI=1S/C19H13N3S2/c1-2-7-13-12(6-1)21-19(22-13)18-17(16-10-5-11-23-16)20-14-8-3-4-9-15(14)24-18/h1-11,18H,(H,21,22)/t18-/m0/s1. The molecule has 3 nitrogen and oxygen atoms in total. The number of hydrogen-bond acceptors (Lipinski definition) is 4. The van der Waals surface area contributed by atoms with Gasteiger partial charge in [-0.2, -0.15) is 0 Å². The molecule has 5 heteroatoms. The number of aromatic nitrogens is 2. The van der Waals surface area contributed by atoms with E-state index in [4.69, 9.17) is 9.98 Å². The maximum absolute atomic E-state index is 4.96. The predicted octanol–water partition coefficient (Wildman–Crippen LogP) is 5.59. The monoisotopic (exact) mass is 347 g/mol. The lowest BCUT2D eigenvalue weighted by Crippen LogP contribution is -2.14. The Morgan fingerprint density at radius 2 is 1.79 bits per heavy atom. The van der Waals surface area contributed by atoms with Gasteiger partial charge in [-0.25, -0.2) is 9.98 Å². The summed E-state index contributed by atoms with van der Waals surface area (Å²) in [6.45, 7) is 0. The van der Waals surface area contributed by atoms with E-state index >= 15 is 0 Å². The third-order valence-electron chi connectivity index (χ3n) is 4.03. The van der Waals surface area contributed by atoms with Crippen LogP contribution >= 0.6 is 23.1 Å². The summed E-state index contributed by atoms with van der Waals surface area (Å²) in [5.74, 6) is 0.961. The van der Waals surface area contributed by atoms with Crippen LogP contribution in [0.3, 0.4) is 0 Å². The first-order valence-corrected chi connectivity index (χ1v) is 9.47. The molecule has 0 aliphatic carbocycles. The van der Waals surface area contributed by atoms with Gasteiger partial charge in [-0.15, -0.1) is 23.1 Å². The van der Waals surface area contributed by atoms with Crippen molar-refractivity contribution in [3.05, 3.63) is 76.7 Å². The Bertz CT molecular complexity index is 1010. The van der Waals surface area contributed by atoms with Crippen LogP contribution in [0, 0.1) is 0 Å². The van der Waals surface area contributed by atoms with Crippen molar-refractivity contribution >= 4 is 45.5 Å². The van der Waals surface area contributed by atoms with E-state index in [1.165, 1.54) is 9.77 Å².